The summed E-state index contributed by atoms with van der Waals surface area (Å²) in [4.78, 5) is 10.9. The van der Waals surface area contributed by atoms with Crippen molar-refractivity contribution in [2.24, 2.45) is 5.92 Å². The van der Waals surface area contributed by atoms with Gasteiger partial charge in [-0.1, -0.05) is 13.8 Å². The fourth-order valence-electron chi connectivity index (χ4n) is 0.482. The van der Waals surface area contributed by atoms with Crippen LogP contribution < -0.4 is 0 Å². The van der Waals surface area contributed by atoms with E-state index in [1.54, 1.807) is 7.11 Å². The van der Waals surface area contributed by atoms with Crippen LogP contribution in [-0.2, 0) is 14.3 Å². The average Bonchev–Trinajstić information content (AvgIpc) is 1.97. The molecule has 0 radical (unpaired) electrons. The van der Waals surface area contributed by atoms with Gasteiger partial charge in [-0.3, -0.25) is 4.79 Å². The summed E-state index contributed by atoms with van der Waals surface area (Å²) in [7, 11) is 1.60. The van der Waals surface area contributed by atoms with Crippen LogP contribution >= 0.6 is 0 Å². The van der Waals surface area contributed by atoms with Gasteiger partial charge in [-0.2, -0.15) is 0 Å². The first-order chi connectivity index (χ1) is 5.18. The normalized spacial score (nSPS) is 10.5. The molecule has 0 unspecified atom stereocenters. The van der Waals surface area contributed by atoms with Crippen molar-refractivity contribution >= 4 is 5.78 Å². The quantitative estimate of drug-likeness (QED) is 0.541. The molecule has 0 saturated carbocycles. The van der Waals surface area contributed by atoms with Gasteiger partial charge >= 0.3 is 0 Å². The van der Waals surface area contributed by atoms with Gasteiger partial charge in [-0.05, 0) is 0 Å². The van der Waals surface area contributed by atoms with E-state index in [9.17, 15) is 4.79 Å². The lowest BCUT2D eigenvalue weighted by Crippen LogP contribution is -2.16. The fourth-order valence-corrected chi connectivity index (χ4v) is 0.482. The number of Topliss-reactive ketones (excluding diaryl/α,β-unsaturated/α-hetero) is 1. The molecule has 3 heteroatoms. The van der Waals surface area contributed by atoms with Crippen LogP contribution in [0.2, 0.25) is 0 Å². The Balaban J connectivity index is 3.18. The van der Waals surface area contributed by atoms with E-state index in [4.69, 9.17) is 9.47 Å². The molecule has 0 aromatic rings. The van der Waals surface area contributed by atoms with Gasteiger partial charge in [-0.25, -0.2) is 0 Å². The van der Waals surface area contributed by atoms with E-state index >= 15 is 0 Å². The summed E-state index contributed by atoms with van der Waals surface area (Å²) in [6.07, 6.45) is 0. The molecule has 0 aliphatic heterocycles. The van der Waals surface area contributed by atoms with Crippen molar-refractivity contribution in [3.05, 3.63) is 0 Å². The minimum atomic E-state index is 0.0672. The van der Waals surface area contributed by atoms with Crippen molar-refractivity contribution < 1.29 is 14.3 Å². The van der Waals surface area contributed by atoms with Crippen LogP contribution in [0.4, 0.5) is 0 Å². The van der Waals surface area contributed by atoms with Crippen molar-refractivity contribution in [2.75, 3.05) is 26.9 Å². The summed E-state index contributed by atoms with van der Waals surface area (Å²) >= 11 is 0. The average molecular weight is 160 g/mol. The molecule has 0 saturated heterocycles. The van der Waals surface area contributed by atoms with Crippen LogP contribution in [0.3, 0.4) is 0 Å². The molecule has 0 aromatic carbocycles. The van der Waals surface area contributed by atoms with Crippen LogP contribution in [0, 0.1) is 5.92 Å². The fraction of sp³-hybridized carbons (Fsp3) is 0.875. The summed E-state index contributed by atoms with van der Waals surface area (Å²) in [5.74, 6) is 0.207. The van der Waals surface area contributed by atoms with E-state index in [1.807, 2.05) is 13.8 Å². The number of hydrogen-bond donors (Lipinski definition) is 0. The molecule has 3 nitrogen and oxygen atoms in total. The third-order valence-electron chi connectivity index (χ3n) is 1.32. The van der Waals surface area contributed by atoms with E-state index in [0.29, 0.717) is 13.2 Å². The standard InChI is InChI=1S/C8H16O3/c1-7(2)8(9)6-11-5-4-10-3/h7H,4-6H2,1-3H3. The zero-order valence-corrected chi connectivity index (χ0v) is 7.42. The topological polar surface area (TPSA) is 35.5 Å². The Morgan fingerprint density at radius 2 is 2.00 bits per heavy atom. The maximum atomic E-state index is 10.9. The van der Waals surface area contributed by atoms with Crippen molar-refractivity contribution in [1.29, 1.82) is 0 Å². The van der Waals surface area contributed by atoms with E-state index in [2.05, 4.69) is 0 Å². The Morgan fingerprint density at radius 3 is 2.45 bits per heavy atom. The number of ketones is 1. The summed E-state index contributed by atoms with van der Waals surface area (Å²) in [5, 5.41) is 0. The summed E-state index contributed by atoms with van der Waals surface area (Å²) in [6.45, 7) is 4.98. The molecule has 0 bridgehead atoms. The SMILES string of the molecule is COCCOCC(=O)C(C)C. The van der Waals surface area contributed by atoms with Crippen LogP contribution in [-0.4, -0.2) is 32.7 Å². The molecular formula is C8H16O3. The van der Waals surface area contributed by atoms with Gasteiger partial charge in [0.1, 0.15) is 6.61 Å². The molecule has 0 heterocycles. The third-order valence-corrected chi connectivity index (χ3v) is 1.32. The van der Waals surface area contributed by atoms with E-state index in [1.165, 1.54) is 0 Å². The summed E-state index contributed by atoms with van der Waals surface area (Å²) in [6, 6.07) is 0. The zero-order chi connectivity index (χ0) is 8.69. The monoisotopic (exact) mass is 160 g/mol. The molecule has 0 aliphatic carbocycles. The summed E-state index contributed by atoms with van der Waals surface area (Å²) in [5.41, 5.74) is 0. The maximum absolute atomic E-state index is 10.9. The van der Waals surface area contributed by atoms with E-state index in [-0.39, 0.29) is 18.3 Å². The molecule has 11 heavy (non-hydrogen) atoms. The molecule has 0 aliphatic rings. The molecule has 0 atom stereocenters. The third kappa shape index (κ3) is 6.01. The number of methoxy groups -OCH3 is 1. The molecular weight excluding hydrogens is 144 g/mol. The Bertz CT molecular complexity index is 110. The molecule has 0 N–H and O–H groups in total. The Kier molecular flexibility index (Phi) is 6.07. The van der Waals surface area contributed by atoms with E-state index in [0.717, 1.165) is 0 Å². The first-order valence-corrected chi connectivity index (χ1v) is 3.78. The Morgan fingerprint density at radius 1 is 1.36 bits per heavy atom. The Labute approximate surface area is 67.7 Å². The highest BCUT2D eigenvalue weighted by Crippen LogP contribution is 1.93. The van der Waals surface area contributed by atoms with Gasteiger partial charge in [0.2, 0.25) is 0 Å². The van der Waals surface area contributed by atoms with Gasteiger partial charge in [0.25, 0.3) is 0 Å². The van der Waals surface area contributed by atoms with Crippen LogP contribution in [0.5, 0.6) is 0 Å². The maximum Gasteiger partial charge on any atom is 0.160 e. The smallest absolute Gasteiger partial charge is 0.160 e. The molecule has 0 spiro atoms. The highest BCUT2D eigenvalue weighted by molar-refractivity contribution is 5.81. The van der Waals surface area contributed by atoms with Crippen molar-refractivity contribution in [3.63, 3.8) is 0 Å². The number of carbonyl (C=O) groups is 1. The number of ether oxygens (including phenoxy) is 2. The van der Waals surface area contributed by atoms with Crippen molar-refractivity contribution in [1.82, 2.24) is 0 Å². The van der Waals surface area contributed by atoms with Gasteiger partial charge in [0, 0.05) is 13.0 Å². The van der Waals surface area contributed by atoms with Crippen LogP contribution in [0.25, 0.3) is 0 Å². The molecule has 0 rings (SSSR count). The first-order valence-electron chi connectivity index (χ1n) is 3.78. The van der Waals surface area contributed by atoms with Gasteiger partial charge in [0.05, 0.1) is 13.2 Å². The molecule has 0 fully saturated rings. The van der Waals surface area contributed by atoms with E-state index < -0.39 is 0 Å². The minimum Gasteiger partial charge on any atom is -0.382 e. The predicted molar refractivity (Wildman–Crippen MR) is 42.5 cm³/mol. The first kappa shape index (κ1) is 10.6. The zero-order valence-electron chi connectivity index (χ0n) is 7.42. The van der Waals surface area contributed by atoms with Crippen LogP contribution in [0.15, 0.2) is 0 Å². The Hall–Kier alpha value is -0.410. The number of rotatable bonds is 6. The van der Waals surface area contributed by atoms with Crippen molar-refractivity contribution in [3.8, 4) is 0 Å². The molecule has 0 amide bonds. The second-order valence-corrected chi connectivity index (χ2v) is 2.67. The second-order valence-electron chi connectivity index (χ2n) is 2.67. The number of carbonyl (C=O) groups excluding carboxylic acids is 1. The van der Waals surface area contributed by atoms with Gasteiger partial charge in [0.15, 0.2) is 5.78 Å². The summed E-state index contributed by atoms with van der Waals surface area (Å²) < 4.78 is 9.77. The lowest BCUT2D eigenvalue weighted by Gasteiger charge is -2.04. The highest BCUT2D eigenvalue weighted by atomic mass is 16.5. The minimum absolute atomic E-state index is 0.0672. The predicted octanol–water partition coefficient (Wildman–Crippen LogP) is 0.874. The number of hydrogen-bond acceptors (Lipinski definition) is 3. The highest BCUT2D eigenvalue weighted by Gasteiger charge is 2.05. The van der Waals surface area contributed by atoms with Gasteiger partial charge < -0.3 is 9.47 Å². The lowest BCUT2D eigenvalue weighted by molar-refractivity contribution is -0.126. The lowest BCUT2D eigenvalue weighted by atomic mass is 10.1. The molecule has 0 aromatic heterocycles. The largest absolute Gasteiger partial charge is 0.382 e. The second kappa shape index (κ2) is 6.31. The van der Waals surface area contributed by atoms with Crippen LogP contribution in [0.1, 0.15) is 13.8 Å². The van der Waals surface area contributed by atoms with Gasteiger partial charge in [-0.15, -0.1) is 0 Å². The van der Waals surface area contributed by atoms with Crippen molar-refractivity contribution in [2.45, 2.75) is 13.8 Å². The molecule has 66 valence electrons.